The van der Waals surface area contributed by atoms with Crippen molar-refractivity contribution in [2.75, 3.05) is 19.8 Å². The number of H-pyrrole nitrogens is 1. The summed E-state index contributed by atoms with van der Waals surface area (Å²) in [5.41, 5.74) is 1.03. The molecule has 0 fully saturated rings. The number of aliphatic hydroxyl groups excluding tert-OH is 1. The zero-order valence-corrected chi connectivity index (χ0v) is 22.1. The molecule has 0 aliphatic carbocycles. The van der Waals surface area contributed by atoms with Gasteiger partial charge in [0.1, 0.15) is 23.1 Å². The highest BCUT2D eigenvalue weighted by Gasteiger charge is 2.41. The summed E-state index contributed by atoms with van der Waals surface area (Å²) in [4.78, 5) is 5.27. The molecule has 0 spiro atoms. The minimum Gasteiger partial charge on any atom is -0.493 e. The van der Waals surface area contributed by atoms with E-state index in [1.165, 1.54) is 26.0 Å². The molecular weight excluding hydrogens is 477 g/mol. The molecule has 0 amide bonds. The van der Waals surface area contributed by atoms with Gasteiger partial charge < -0.3 is 14.8 Å². The summed E-state index contributed by atoms with van der Waals surface area (Å²) in [5.74, 6) is -1.22. The number of halogens is 3. The molecule has 1 aliphatic heterocycles. The van der Waals surface area contributed by atoms with E-state index in [0.29, 0.717) is 13.0 Å². The summed E-state index contributed by atoms with van der Waals surface area (Å²) in [7, 11) is 0. The van der Waals surface area contributed by atoms with Gasteiger partial charge in [0.15, 0.2) is 0 Å². The topological polar surface area (TPSA) is 48.5 Å². The van der Waals surface area contributed by atoms with Crippen LogP contribution < -0.4 is 4.74 Å². The minimum absolute atomic E-state index is 0.0447. The average molecular weight is 517 g/mol. The largest absolute Gasteiger partial charge is 0.493 e. The highest BCUT2D eigenvalue weighted by atomic mass is 19.1. The molecule has 1 aliphatic rings. The average Bonchev–Trinajstić information content (AvgIpc) is 3.19. The van der Waals surface area contributed by atoms with Gasteiger partial charge in [0.2, 0.25) is 0 Å². The Bertz CT molecular complexity index is 1160. The van der Waals surface area contributed by atoms with Crippen molar-refractivity contribution in [3.8, 4) is 5.75 Å². The molecule has 4 nitrogen and oxygen atoms in total. The third-order valence-electron chi connectivity index (χ3n) is 7.22. The van der Waals surface area contributed by atoms with Crippen molar-refractivity contribution in [1.82, 2.24) is 9.88 Å². The minimum atomic E-state index is -1.54. The Morgan fingerprint density at radius 3 is 2.35 bits per heavy atom. The fraction of sp³-hybridized carbons (Fsp3) is 0.533. The van der Waals surface area contributed by atoms with Crippen molar-refractivity contribution in [3.63, 3.8) is 0 Å². The molecule has 0 radical (unpaired) electrons. The summed E-state index contributed by atoms with van der Waals surface area (Å²) in [6.45, 7) is 5.62. The second kappa shape index (κ2) is 11.9. The smallest absolute Gasteiger partial charge is 0.135 e. The number of rotatable bonds is 12. The lowest BCUT2D eigenvalue weighted by atomic mass is 9.87. The first-order valence-corrected chi connectivity index (χ1v) is 13.5. The number of fused-ring (bicyclic) bond motifs is 3. The Kier molecular flexibility index (Phi) is 8.86. The van der Waals surface area contributed by atoms with Crippen LogP contribution in [-0.4, -0.2) is 46.5 Å². The number of alkyl halides is 1. The monoisotopic (exact) mass is 516 g/mol. The molecule has 2 atom stereocenters. The predicted octanol–water partition coefficient (Wildman–Crippen LogP) is 7.24. The van der Waals surface area contributed by atoms with Gasteiger partial charge >= 0.3 is 0 Å². The van der Waals surface area contributed by atoms with Crippen LogP contribution in [-0.2, 0) is 6.42 Å². The maximum absolute atomic E-state index is 15.7. The maximum Gasteiger partial charge on any atom is 0.135 e. The normalized spacial score (nSPS) is 18.4. The van der Waals surface area contributed by atoms with E-state index in [1.54, 1.807) is 0 Å². The number of para-hydroxylation sites is 1. The van der Waals surface area contributed by atoms with E-state index in [4.69, 9.17) is 9.84 Å². The first-order chi connectivity index (χ1) is 17.7. The fourth-order valence-electron chi connectivity index (χ4n) is 5.52. The van der Waals surface area contributed by atoms with Gasteiger partial charge in [0, 0.05) is 53.5 Å². The third-order valence-corrected chi connectivity index (χ3v) is 7.22. The van der Waals surface area contributed by atoms with E-state index >= 15 is 8.78 Å². The molecule has 0 bridgehead atoms. The van der Waals surface area contributed by atoms with Crippen molar-refractivity contribution in [2.24, 2.45) is 0 Å². The first-order valence-electron chi connectivity index (χ1n) is 13.5. The van der Waals surface area contributed by atoms with Crippen LogP contribution in [0.4, 0.5) is 13.2 Å². The molecule has 0 saturated heterocycles. The third kappa shape index (κ3) is 6.50. The second-order valence-corrected chi connectivity index (χ2v) is 10.9. The number of benzene rings is 2. The summed E-state index contributed by atoms with van der Waals surface area (Å²) in [6, 6.07) is 9.45. The molecule has 7 heteroatoms. The Balaban J connectivity index is 1.59. The summed E-state index contributed by atoms with van der Waals surface area (Å²) < 4.78 is 51.9. The van der Waals surface area contributed by atoms with Gasteiger partial charge in [-0.25, -0.2) is 13.2 Å². The second-order valence-electron chi connectivity index (χ2n) is 10.9. The molecule has 2 aromatic carbocycles. The SMILES string of the molecule is C[C@@H]1Cc2c([nH]c3ccccc23)[C@@H](c2c(F)cc(OCCCCCCCCO)cc2F)N1CC(C)(C)F. The fourth-order valence-corrected chi connectivity index (χ4v) is 5.52. The highest BCUT2D eigenvalue weighted by molar-refractivity contribution is 5.85. The van der Waals surface area contributed by atoms with Crippen LogP contribution in [0.3, 0.4) is 0 Å². The summed E-state index contributed by atoms with van der Waals surface area (Å²) in [5, 5.41) is 9.87. The Morgan fingerprint density at radius 1 is 1.03 bits per heavy atom. The van der Waals surface area contributed by atoms with Crippen LogP contribution in [0.25, 0.3) is 10.9 Å². The van der Waals surface area contributed by atoms with Crippen LogP contribution in [0, 0.1) is 11.6 Å². The van der Waals surface area contributed by atoms with E-state index in [-0.39, 0.29) is 30.5 Å². The Hall–Kier alpha value is -2.51. The van der Waals surface area contributed by atoms with Crippen molar-refractivity contribution < 1.29 is 23.0 Å². The van der Waals surface area contributed by atoms with Crippen LogP contribution in [0.1, 0.15) is 82.2 Å². The molecule has 2 heterocycles. The van der Waals surface area contributed by atoms with Gasteiger partial charge in [-0.2, -0.15) is 0 Å². The molecule has 202 valence electrons. The molecule has 1 aromatic heterocycles. The van der Waals surface area contributed by atoms with E-state index < -0.39 is 23.3 Å². The number of nitrogens with zero attached hydrogens (tertiary/aromatic N) is 1. The zero-order valence-electron chi connectivity index (χ0n) is 22.1. The molecular formula is C30H39F3N2O2. The lowest BCUT2D eigenvalue weighted by molar-refractivity contribution is 0.0642. The molecule has 0 saturated carbocycles. The van der Waals surface area contributed by atoms with Gasteiger partial charge in [-0.3, -0.25) is 4.90 Å². The van der Waals surface area contributed by atoms with Gasteiger partial charge in [-0.1, -0.05) is 43.9 Å². The molecule has 37 heavy (non-hydrogen) atoms. The summed E-state index contributed by atoms with van der Waals surface area (Å²) in [6.07, 6.45) is 6.34. The molecule has 0 unspecified atom stereocenters. The lowest BCUT2D eigenvalue weighted by Crippen LogP contribution is -2.48. The van der Waals surface area contributed by atoms with Gasteiger partial charge in [-0.05, 0) is 51.7 Å². The Labute approximate surface area is 217 Å². The summed E-state index contributed by atoms with van der Waals surface area (Å²) >= 11 is 0. The van der Waals surface area contributed by atoms with E-state index in [2.05, 4.69) is 4.98 Å². The quantitative estimate of drug-likeness (QED) is 0.250. The van der Waals surface area contributed by atoms with Crippen LogP contribution >= 0.6 is 0 Å². The number of hydrogen-bond acceptors (Lipinski definition) is 3. The van der Waals surface area contributed by atoms with E-state index in [9.17, 15) is 4.39 Å². The number of nitrogens with one attached hydrogen (secondary N) is 1. The predicted molar refractivity (Wildman–Crippen MR) is 142 cm³/mol. The first kappa shape index (κ1) is 27.5. The van der Waals surface area contributed by atoms with E-state index in [0.717, 1.165) is 60.7 Å². The van der Waals surface area contributed by atoms with Gasteiger partial charge in [0.05, 0.1) is 12.6 Å². The standard InChI is InChI=1S/C30H39F3N2O2/c1-20-16-23-22-12-8-9-13-26(22)34-28(23)29(35(20)19-30(2,3)33)27-24(31)17-21(18-25(27)32)37-15-11-7-5-4-6-10-14-36/h8-9,12-13,17-18,20,29,34,36H,4-7,10-11,14-16,19H2,1-3H3/t20-,29-/m1/s1. The van der Waals surface area contributed by atoms with Gasteiger partial charge in [0.25, 0.3) is 0 Å². The Morgan fingerprint density at radius 2 is 1.68 bits per heavy atom. The lowest BCUT2D eigenvalue weighted by Gasteiger charge is -2.43. The number of aromatic nitrogens is 1. The van der Waals surface area contributed by atoms with Crippen LogP contribution in [0.5, 0.6) is 5.75 Å². The van der Waals surface area contributed by atoms with Gasteiger partial charge in [-0.15, -0.1) is 0 Å². The number of unbranched alkanes of at least 4 members (excludes halogenated alkanes) is 5. The zero-order chi connectivity index (χ0) is 26.6. The van der Waals surface area contributed by atoms with Crippen molar-refractivity contribution in [3.05, 3.63) is 64.9 Å². The number of aromatic amines is 1. The number of hydrogen-bond donors (Lipinski definition) is 2. The van der Waals surface area contributed by atoms with Crippen molar-refractivity contribution >= 4 is 10.9 Å². The van der Waals surface area contributed by atoms with Crippen LogP contribution in [0.15, 0.2) is 36.4 Å². The van der Waals surface area contributed by atoms with E-state index in [1.807, 2.05) is 36.1 Å². The highest BCUT2D eigenvalue weighted by Crippen LogP contribution is 2.43. The number of ether oxygens (including phenoxy) is 1. The molecule has 4 rings (SSSR count). The maximum atomic E-state index is 15.7. The molecule has 2 N–H and O–H groups in total. The van der Waals surface area contributed by atoms with Crippen LogP contribution in [0.2, 0.25) is 0 Å². The number of aliphatic hydroxyl groups is 1. The molecule has 3 aromatic rings. The van der Waals surface area contributed by atoms with Crippen molar-refractivity contribution in [2.45, 2.75) is 83.5 Å². The van der Waals surface area contributed by atoms with Crippen molar-refractivity contribution in [1.29, 1.82) is 0 Å².